The molecule has 1 aliphatic rings. The number of likely N-dealkylation sites (tertiary alicyclic amines) is 1. The molecule has 16 heteroatoms. The first-order chi connectivity index (χ1) is 19.0. The molecule has 1 saturated heterocycles. The van der Waals surface area contributed by atoms with Crippen molar-refractivity contribution in [1.82, 2.24) is 18.8 Å². The molecule has 0 saturated carbocycles. The van der Waals surface area contributed by atoms with Crippen LogP contribution < -0.4 is 11.2 Å². The van der Waals surface area contributed by atoms with Crippen LogP contribution in [0.5, 0.6) is 0 Å². The van der Waals surface area contributed by atoms with E-state index in [0.29, 0.717) is 30.1 Å². The molecule has 1 aliphatic heterocycles. The number of likely N-dealkylation sites (N-methyl/N-ethyl adjacent to an activating group) is 1. The van der Waals surface area contributed by atoms with Gasteiger partial charge in [-0.25, -0.2) is 21.7 Å². The maximum atomic E-state index is 14.3. The maximum absolute atomic E-state index is 14.3. The molecule has 3 aromatic rings. The number of halogens is 5. The molecule has 2 atom stereocenters. The van der Waals surface area contributed by atoms with Crippen LogP contribution in [-0.4, -0.2) is 69.6 Å². The SMILES string of the molecule is CCS(=O)(=O)c1ccc(Cl)cc1Cn1c(=O)[nH]c2c(Cl)c(CN3CC[C@@H](N(C)S(C)=O)C3)c(C(F)(F)F)cc2c1=O. The summed E-state index contributed by atoms with van der Waals surface area (Å²) >= 11 is 12.5. The zero-order valence-electron chi connectivity index (χ0n) is 22.2. The second-order valence-electron chi connectivity index (χ2n) is 9.76. The van der Waals surface area contributed by atoms with Gasteiger partial charge in [0, 0.05) is 44.0 Å². The van der Waals surface area contributed by atoms with Gasteiger partial charge in [-0.1, -0.05) is 30.1 Å². The molecule has 0 aliphatic carbocycles. The minimum atomic E-state index is -4.88. The van der Waals surface area contributed by atoms with Crippen LogP contribution in [0.25, 0.3) is 10.9 Å². The van der Waals surface area contributed by atoms with Crippen LogP contribution in [0, 0.1) is 0 Å². The molecule has 0 amide bonds. The lowest BCUT2D eigenvalue weighted by Gasteiger charge is -2.24. The summed E-state index contributed by atoms with van der Waals surface area (Å²) < 4.78 is 82.1. The third-order valence-electron chi connectivity index (χ3n) is 7.24. The van der Waals surface area contributed by atoms with Crippen molar-refractivity contribution in [3.63, 3.8) is 0 Å². The Morgan fingerprint density at radius 3 is 2.46 bits per heavy atom. The lowest BCUT2D eigenvalue weighted by atomic mass is 10.0. The van der Waals surface area contributed by atoms with Crippen molar-refractivity contribution in [2.24, 2.45) is 0 Å². The zero-order chi connectivity index (χ0) is 30.4. The highest BCUT2D eigenvalue weighted by atomic mass is 35.5. The van der Waals surface area contributed by atoms with Crippen molar-refractivity contribution in [2.45, 2.75) is 43.5 Å². The summed E-state index contributed by atoms with van der Waals surface area (Å²) in [6.07, 6.45) is -2.77. The predicted octanol–water partition coefficient (Wildman–Crippen LogP) is 3.66. The second-order valence-corrected chi connectivity index (χ2v) is 14.2. The van der Waals surface area contributed by atoms with Gasteiger partial charge in [-0.3, -0.25) is 14.3 Å². The molecule has 224 valence electrons. The Balaban J connectivity index is 1.83. The Morgan fingerprint density at radius 1 is 1.17 bits per heavy atom. The summed E-state index contributed by atoms with van der Waals surface area (Å²) in [5.74, 6) is -0.262. The van der Waals surface area contributed by atoms with Gasteiger partial charge in [-0.05, 0) is 41.8 Å². The average molecular weight is 656 g/mol. The summed E-state index contributed by atoms with van der Waals surface area (Å²) in [6.45, 7) is 1.44. The van der Waals surface area contributed by atoms with Crippen molar-refractivity contribution in [2.75, 3.05) is 32.1 Å². The first-order valence-corrected chi connectivity index (χ1v) is 16.3. The number of hydrogen-bond donors (Lipinski definition) is 1. The average Bonchev–Trinajstić information content (AvgIpc) is 3.35. The van der Waals surface area contributed by atoms with E-state index in [4.69, 9.17) is 23.2 Å². The minimum Gasteiger partial charge on any atom is -0.305 e. The van der Waals surface area contributed by atoms with Gasteiger partial charge in [-0.15, -0.1) is 0 Å². The normalized spacial score (nSPS) is 17.5. The number of aromatic amines is 1. The van der Waals surface area contributed by atoms with Gasteiger partial charge < -0.3 is 4.98 Å². The van der Waals surface area contributed by atoms with Gasteiger partial charge in [0.1, 0.15) is 0 Å². The highest BCUT2D eigenvalue weighted by Crippen LogP contribution is 2.39. The molecule has 0 radical (unpaired) electrons. The van der Waals surface area contributed by atoms with E-state index in [2.05, 4.69) is 4.98 Å². The summed E-state index contributed by atoms with van der Waals surface area (Å²) in [6, 6.07) is 4.41. The number of sulfone groups is 1. The monoisotopic (exact) mass is 654 g/mol. The van der Waals surface area contributed by atoms with E-state index in [9.17, 15) is 35.4 Å². The van der Waals surface area contributed by atoms with Crippen LogP contribution in [0.2, 0.25) is 10.0 Å². The molecule has 0 spiro atoms. The van der Waals surface area contributed by atoms with Gasteiger partial charge in [0.15, 0.2) is 9.84 Å². The van der Waals surface area contributed by atoms with Gasteiger partial charge >= 0.3 is 11.9 Å². The van der Waals surface area contributed by atoms with Crippen molar-refractivity contribution in [3.05, 3.63) is 71.8 Å². The molecule has 1 aromatic heterocycles. The zero-order valence-corrected chi connectivity index (χ0v) is 25.4. The fraction of sp³-hybridized carbons (Fsp3) is 0.440. The lowest BCUT2D eigenvalue weighted by Crippen LogP contribution is -2.36. The van der Waals surface area contributed by atoms with Gasteiger partial charge in [0.25, 0.3) is 5.56 Å². The molecule has 0 bridgehead atoms. The Bertz CT molecular complexity index is 1760. The van der Waals surface area contributed by atoms with E-state index in [-0.39, 0.29) is 44.9 Å². The topological polar surface area (TPSA) is 113 Å². The number of rotatable bonds is 8. The van der Waals surface area contributed by atoms with E-state index < -0.39 is 60.8 Å². The standard InChI is InChI=1S/C25H27Cl2F3N4O5S2/c1-4-41(38,39)20-6-5-15(26)9-14(20)11-34-23(35)17-10-19(25(28,29)30)18(21(27)22(17)31-24(34)36)13-33-8-7-16(12-33)32(2)40(3)37/h5-6,9-10,16H,4,7-8,11-13H2,1-3H3,(H,31,36)/t16-,40?/m1/s1. The quantitative estimate of drug-likeness (QED) is 0.397. The number of aromatic nitrogens is 2. The molecule has 1 N–H and O–H groups in total. The molecule has 9 nitrogen and oxygen atoms in total. The third-order valence-corrected chi connectivity index (χ3v) is 10.8. The third kappa shape index (κ3) is 6.42. The number of nitrogens with zero attached hydrogens (tertiary/aromatic N) is 3. The number of benzene rings is 2. The van der Waals surface area contributed by atoms with E-state index >= 15 is 0 Å². The van der Waals surface area contributed by atoms with Crippen LogP contribution in [0.3, 0.4) is 0 Å². The van der Waals surface area contributed by atoms with E-state index in [0.717, 1.165) is 0 Å². The summed E-state index contributed by atoms with van der Waals surface area (Å²) in [5, 5.41) is -0.745. The van der Waals surface area contributed by atoms with E-state index in [1.54, 1.807) is 16.3 Å². The van der Waals surface area contributed by atoms with Crippen LogP contribution in [-0.2, 0) is 40.1 Å². The second kappa shape index (κ2) is 11.8. The molecular formula is C25H27Cl2F3N4O5S2. The lowest BCUT2D eigenvalue weighted by molar-refractivity contribution is -0.138. The minimum absolute atomic E-state index is 0.0339. The smallest absolute Gasteiger partial charge is 0.305 e. The van der Waals surface area contributed by atoms with Gasteiger partial charge in [0.2, 0.25) is 0 Å². The fourth-order valence-electron chi connectivity index (χ4n) is 4.93. The van der Waals surface area contributed by atoms with Crippen molar-refractivity contribution < 1.29 is 25.8 Å². The van der Waals surface area contributed by atoms with Crippen molar-refractivity contribution in [1.29, 1.82) is 0 Å². The molecule has 41 heavy (non-hydrogen) atoms. The number of fused-ring (bicyclic) bond motifs is 1. The predicted molar refractivity (Wildman–Crippen MR) is 153 cm³/mol. The van der Waals surface area contributed by atoms with Crippen LogP contribution in [0.1, 0.15) is 30.0 Å². The summed E-state index contributed by atoms with van der Waals surface area (Å²) in [4.78, 5) is 30.5. The maximum Gasteiger partial charge on any atom is 0.416 e. The Morgan fingerprint density at radius 2 is 1.85 bits per heavy atom. The first-order valence-electron chi connectivity index (χ1n) is 12.4. The fourth-order valence-corrected chi connectivity index (χ4v) is 7.14. The largest absolute Gasteiger partial charge is 0.416 e. The van der Waals surface area contributed by atoms with Crippen LogP contribution in [0.15, 0.2) is 38.8 Å². The Kier molecular flexibility index (Phi) is 9.13. The molecule has 4 rings (SSSR count). The van der Waals surface area contributed by atoms with E-state index in [1.807, 2.05) is 0 Å². The molecular weight excluding hydrogens is 628 g/mol. The molecule has 2 aromatic carbocycles. The Hall–Kier alpha value is -2.23. The highest BCUT2D eigenvalue weighted by Gasteiger charge is 2.37. The summed E-state index contributed by atoms with van der Waals surface area (Å²) in [7, 11) is -3.36. The van der Waals surface area contributed by atoms with E-state index in [1.165, 1.54) is 31.4 Å². The van der Waals surface area contributed by atoms with Crippen LogP contribution >= 0.6 is 23.2 Å². The number of alkyl halides is 3. The molecule has 1 fully saturated rings. The number of H-pyrrole nitrogens is 1. The highest BCUT2D eigenvalue weighted by molar-refractivity contribution is 7.91. The number of hydrogen-bond acceptors (Lipinski definition) is 6. The van der Waals surface area contributed by atoms with Crippen LogP contribution in [0.4, 0.5) is 13.2 Å². The van der Waals surface area contributed by atoms with Gasteiger partial charge in [0.05, 0.1) is 49.7 Å². The van der Waals surface area contributed by atoms with Crippen molar-refractivity contribution in [3.8, 4) is 0 Å². The van der Waals surface area contributed by atoms with Gasteiger partial charge in [-0.2, -0.15) is 13.2 Å². The van der Waals surface area contributed by atoms with Crippen molar-refractivity contribution >= 4 is 54.9 Å². The molecule has 1 unspecified atom stereocenters. The Labute approximate surface area is 246 Å². The first kappa shape index (κ1) is 31.7. The number of nitrogens with one attached hydrogen (secondary N) is 1. The molecule has 2 heterocycles. The summed E-state index contributed by atoms with van der Waals surface area (Å²) in [5.41, 5.74) is -3.70.